The summed E-state index contributed by atoms with van der Waals surface area (Å²) in [7, 11) is 0. The molecule has 0 unspecified atom stereocenters. The Balaban J connectivity index is 2.01. The molecule has 0 aliphatic carbocycles. The molecule has 0 aliphatic heterocycles. The highest BCUT2D eigenvalue weighted by molar-refractivity contribution is 5.91. The number of aromatic nitrogens is 5. The van der Waals surface area contributed by atoms with Crippen LogP contribution in [0.3, 0.4) is 0 Å². The Bertz CT molecular complexity index is 799. The number of carbonyl (C=O) groups is 1. The summed E-state index contributed by atoms with van der Waals surface area (Å²) >= 11 is 0. The summed E-state index contributed by atoms with van der Waals surface area (Å²) in [6.07, 6.45) is 0. The number of nitrogens with zero attached hydrogens (tertiary/aromatic N) is 5. The molecule has 0 amide bonds. The lowest BCUT2D eigenvalue weighted by Crippen LogP contribution is -2.02. The van der Waals surface area contributed by atoms with Gasteiger partial charge in [-0.15, -0.1) is 14.8 Å². The molecule has 2 heterocycles. The van der Waals surface area contributed by atoms with Gasteiger partial charge in [-0.3, -0.25) is 0 Å². The molecule has 0 aliphatic rings. The fourth-order valence-corrected chi connectivity index (χ4v) is 1.69. The fourth-order valence-electron chi connectivity index (χ4n) is 1.69. The molecule has 0 radical (unpaired) electrons. The smallest absolute Gasteiger partial charge is 0.339 e. The molecule has 3 aromatic rings. The number of aromatic carboxylic acids is 1. The minimum Gasteiger partial charge on any atom is -0.478 e. The Labute approximate surface area is 112 Å². The van der Waals surface area contributed by atoms with Crippen LogP contribution in [-0.2, 0) is 0 Å². The van der Waals surface area contributed by atoms with Crippen LogP contribution >= 0.6 is 0 Å². The highest BCUT2D eigenvalue weighted by atomic mass is 16.5. The molecule has 0 saturated heterocycles. The predicted molar refractivity (Wildman–Crippen MR) is 66.8 cm³/mol. The van der Waals surface area contributed by atoms with E-state index in [4.69, 9.17) is 9.84 Å². The highest BCUT2D eigenvalue weighted by Crippen LogP contribution is 2.25. The lowest BCUT2D eigenvalue weighted by molar-refractivity contribution is 0.0694. The number of carboxylic acids is 1. The molecule has 3 rings (SSSR count). The summed E-state index contributed by atoms with van der Waals surface area (Å²) < 4.78 is 6.72. The molecule has 1 N–H and O–H groups in total. The summed E-state index contributed by atoms with van der Waals surface area (Å²) in [5.41, 5.74) is 1.42. The molecule has 20 heavy (non-hydrogen) atoms. The molecule has 0 spiro atoms. The monoisotopic (exact) mass is 271 g/mol. The number of hydrogen-bond acceptors (Lipinski definition) is 6. The van der Waals surface area contributed by atoms with Crippen molar-refractivity contribution in [3.63, 3.8) is 0 Å². The van der Waals surface area contributed by atoms with Crippen LogP contribution < -0.4 is 4.74 Å². The van der Waals surface area contributed by atoms with E-state index in [9.17, 15) is 4.79 Å². The first-order valence-corrected chi connectivity index (χ1v) is 5.71. The molecule has 100 valence electrons. The molecule has 0 fully saturated rings. The van der Waals surface area contributed by atoms with Gasteiger partial charge in [0, 0.05) is 6.07 Å². The van der Waals surface area contributed by atoms with Gasteiger partial charge in [0.1, 0.15) is 11.3 Å². The Morgan fingerprint density at radius 1 is 1.30 bits per heavy atom. The van der Waals surface area contributed by atoms with Crippen LogP contribution in [0.5, 0.6) is 11.6 Å². The lowest BCUT2D eigenvalue weighted by Gasteiger charge is -2.08. The largest absolute Gasteiger partial charge is 0.478 e. The topological polar surface area (TPSA) is 102 Å². The summed E-state index contributed by atoms with van der Waals surface area (Å²) in [5, 5.41) is 24.0. The first-order chi connectivity index (χ1) is 9.63. The normalized spacial score (nSPS) is 10.7. The van der Waals surface area contributed by atoms with Crippen LogP contribution in [0.15, 0.2) is 30.3 Å². The Morgan fingerprint density at radius 2 is 2.15 bits per heavy atom. The first kappa shape index (κ1) is 12.0. The third-order valence-electron chi connectivity index (χ3n) is 2.63. The Hall–Kier alpha value is -3.03. The summed E-state index contributed by atoms with van der Waals surface area (Å²) in [4.78, 5) is 11.2. The van der Waals surface area contributed by atoms with Crippen LogP contribution in [0.1, 0.15) is 15.9 Å². The minimum absolute atomic E-state index is 0.0641. The van der Waals surface area contributed by atoms with Gasteiger partial charge in [0.2, 0.25) is 5.88 Å². The average Bonchev–Trinajstić information content (AvgIpc) is 2.85. The zero-order valence-electron chi connectivity index (χ0n) is 10.4. The maximum atomic E-state index is 11.2. The van der Waals surface area contributed by atoms with Crippen LogP contribution in [0, 0.1) is 6.92 Å². The maximum absolute atomic E-state index is 11.2. The zero-order valence-corrected chi connectivity index (χ0v) is 10.4. The van der Waals surface area contributed by atoms with Gasteiger partial charge in [-0.05, 0) is 41.1 Å². The predicted octanol–water partition coefficient (Wildman–Crippen LogP) is 1.32. The van der Waals surface area contributed by atoms with Gasteiger partial charge in [-0.25, -0.2) is 4.79 Å². The summed E-state index contributed by atoms with van der Waals surface area (Å²) in [6, 6.07) is 8.02. The second-order valence-corrected chi connectivity index (χ2v) is 4.10. The standard InChI is InChI=1S/C12H9N5O3/c1-7-2-3-8(12(18)19)9(6-7)20-11-5-4-10-13-15-16-17(10)14-11/h2-6H,1H3,(H,18,19). The van der Waals surface area contributed by atoms with Gasteiger partial charge < -0.3 is 9.84 Å². The van der Waals surface area contributed by atoms with Crippen molar-refractivity contribution < 1.29 is 14.6 Å². The first-order valence-electron chi connectivity index (χ1n) is 5.71. The number of rotatable bonds is 3. The Morgan fingerprint density at radius 3 is 2.95 bits per heavy atom. The molecular weight excluding hydrogens is 262 g/mol. The van der Waals surface area contributed by atoms with Crippen molar-refractivity contribution in [3.05, 3.63) is 41.5 Å². The quantitative estimate of drug-likeness (QED) is 0.766. The molecule has 0 saturated carbocycles. The number of aryl methyl sites for hydroxylation is 1. The molecule has 1 aromatic carbocycles. The van der Waals surface area contributed by atoms with E-state index in [0.717, 1.165) is 5.56 Å². The fraction of sp³-hybridized carbons (Fsp3) is 0.0833. The Kier molecular flexibility index (Phi) is 2.75. The third kappa shape index (κ3) is 2.14. The second kappa shape index (κ2) is 4.57. The van der Waals surface area contributed by atoms with Crippen molar-refractivity contribution in [3.8, 4) is 11.6 Å². The summed E-state index contributed by atoms with van der Waals surface area (Å²) in [5.74, 6) is -0.640. The molecule has 2 aromatic heterocycles. The van der Waals surface area contributed by atoms with Crippen molar-refractivity contribution in [2.24, 2.45) is 0 Å². The van der Waals surface area contributed by atoms with E-state index in [1.807, 2.05) is 6.92 Å². The number of tetrazole rings is 1. The number of benzene rings is 1. The highest BCUT2D eigenvalue weighted by Gasteiger charge is 2.13. The van der Waals surface area contributed by atoms with Gasteiger partial charge in [-0.2, -0.15) is 0 Å². The van der Waals surface area contributed by atoms with E-state index in [0.29, 0.717) is 5.65 Å². The molecule has 0 atom stereocenters. The lowest BCUT2D eigenvalue weighted by atomic mass is 10.1. The third-order valence-corrected chi connectivity index (χ3v) is 2.63. The van der Waals surface area contributed by atoms with Crippen molar-refractivity contribution in [1.29, 1.82) is 0 Å². The van der Waals surface area contributed by atoms with E-state index in [1.54, 1.807) is 24.3 Å². The van der Waals surface area contributed by atoms with Gasteiger partial charge >= 0.3 is 5.97 Å². The van der Waals surface area contributed by atoms with Crippen LogP contribution in [-0.4, -0.2) is 36.3 Å². The van der Waals surface area contributed by atoms with E-state index in [1.165, 1.54) is 10.7 Å². The average molecular weight is 271 g/mol. The van der Waals surface area contributed by atoms with Gasteiger partial charge in [0.05, 0.1) is 0 Å². The number of ether oxygens (including phenoxy) is 1. The van der Waals surface area contributed by atoms with Crippen molar-refractivity contribution in [1.82, 2.24) is 25.3 Å². The van der Waals surface area contributed by atoms with E-state index in [-0.39, 0.29) is 17.2 Å². The van der Waals surface area contributed by atoms with Crippen LogP contribution in [0.2, 0.25) is 0 Å². The molecular formula is C12H9N5O3. The number of hydrogen-bond donors (Lipinski definition) is 1. The SMILES string of the molecule is Cc1ccc(C(=O)O)c(Oc2ccc3nnnn3n2)c1. The van der Waals surface area contributed by atoms with Crippen molar-refractivity contribution >= 4 is 11.6 Å². The number of carboxylic acid groups (broad SMARTS) is 1. The summed E-state index contributed by atoms with van der Waals surface area (Å²) in [6.45, 7) is 1.84. The van der Waals surface area contributed by atoms with Crippen molar-refractivity contribution in [2.75, 3.05) is 0 Å². The van der Waals surface area contributed by atoms with Crippen LogP contribution in [0.25, 0.3) is 5.65 Å². The zero-order chi connectivity index (χ0) is 14.1. The minimum atomic E-state index is -1.07. The molecule has 0 bridgehead atoms. The molecule has 8 heteroatoms. The van der Waals surface area contributed by atoms with Crippen LogP contribution in [0.4, 0.5) is 0 Å². The number of fused-ring (bicyclic) bond motifs is 1. The van der Waals surface area contributed by atoms with Gasteiger partial charge in [-0.1, -0.05) is 6.07 Å². The van der Waals surface area contributed by atoms with Crippen molar-refractivity contribution in [2.45, 2.75) is 6.92 Å². The van der Waals surface area contributed by atoms with E-state index >= 15 is 0 Å². The van der Waals surface area contributed by atoms with E-state index < -0.39 is 5.97 Å². The van der Waals surface area contributed by atoms with Gasteiger partial charge in [0.25, 0.3) is 0 Å². The second-order valence-electron chi connectivity index (χ2n) is 4.10. The maximum Gasteiger partial charge on any atom is 0.339 e. The van der Waals surface area contributed by atoms with Gasteiger partial charge in [0.15, 0.2) is 5.65 Å². The molecule has 8 nitrogen and oxygen atoms in total. The van der Waals surface area contributed by atoms with E-state index in [2.05, 4.69) is 20.6 Å².